The van der Waals surface area contributed by atoms with Gasteiger partial charge in [-0.25, -0.2) is 4.42 Å². The molecule has 1 heteroatoms. The Kier molecular flexibility index (Phi) is 2.09. The lowest BCUT2D eigenvalue weighted by molar-refractivity contribution is 0.566. The van der Waals surface area contributed by atoms with E-state index < -0.39 is 0 Å². The zero-order valence-electron chi connectivity index (χ0n) is 7.53. The molecule has 0 N–H and O–H groups in total. The van der Waals surface area contributed by atoms with Crippen molar-refractivity contribution in [2.45, 2.75) is 6.92 Å². The predicted molar refractivity (Wildman–Crippen MR) is 53.3 cm³/mol. The van der Waals surface area contributed by atoms with E-state index in [4.69, 9.17) is 4.42 Å². The minimum atomic E-state index is 0.905. The van der Waals surface area contributed by atoms with Crippen molar-refractivity contribution < 1.29 is 4.42 Å². The van der Waals surface area contributed by atoms with Crippen LogP contribution in [0.4, 0.5) is 0 Å². The first-order chi connectivity index (χ1) is 6.36. The summed E-state index contributed by atoms with van der Waals surface area (Å²) in [5.41, 5.74) is 2.38. The van der Waals surface area contributed by atoms with Crippen LogP contribution in [0.15, 0.2) is 53.1 Å². The van der Waals surface area contributed by atoms with Gasteiger partial charge in [0.25, 0.3) is 0 Å². The summed E-state index contributed by atoms with van der Waals surface area (Å²) >= 11 is 0. The second kappa shape index (κ2) is 3.40. The van der Waals surface area contributed by atoms with Crippen molar-refractivity contribution in [3.8, 4) is 11.3 Å². The van der Waals surface area contributed by atoms with Gasteiger partial charge in [-0.3, -0.25) is 0 Å². The van der Waals surface area contributed by atoms with Gasteiger partial charge >= 0.3 is 12.0 Å². The van der Waals surface area contributed by atoms with Gasteiger partial charge in [0, 0.05) is 12.1 Å². The van der Waals surface area contributed by atoms with E-state index in [0.717, 1.165) is 11.3 Å². The average Bonchev–Trinajstić information content (AvgIpc) is 2.20. The number of aryl methyl sites for hydroxylation is 1. The summed E-state index contributed by atoms with van der Waals surface area (Å²) in [5.74, 6) is 0.905. The highest BCUT2D eigenvalue weighted by molar-refractivity contribution is 5.56. The van der Waals surface area contributed by atoms with Gasteiger partial charge in [-0.2, -0.15) is 0 Å². The van der Waals surface area contributed by atoms with Crippen LogP contribution < -0.4 is 0 Å². The van der Waals surface area contributed by atoms with Gasteiger partial charge in [-0.15, -0.1) is 0 Å². The van der Waals surface area contributed by atoms with Crippen LogP contribution >= 0.6 is 0 Å². The predicted octanol–water partition coefficient (Wildman–Crippen LogP) is 3.54. The summed E-state index contributed by atoms with van der Waals surface area (Å²) in [5, 5.41) is 0. The van der Waals surface area contributed by atoms with Crippen LogP contribution in [-0.4, -0.2) is 0 Å². The van der Waals surface area contributed by atoms with Crippen molar-refractivity contribution in [3.05, 3.63) is 54.3 Å². The Morgan fingerprint density at radius 3 is 2.31 bits per heavy atom. The summed E-state index contributed by atoms with van der Waals surface area (Å²) in [6.07, 6.45) is 1.69. The standard InChI is InChI=1S/C12H11O/c1-10-5-7-11(8-6-10)12-4-2-3-9-13-12/h2-9H,1H3/q+1. The maximum absolute atomic E-state index is 5.35. The van der Waals surface area contributed by atoms with Crippen LogP contribution in [0.25, 0.3) is 11.3 Å². The number of hydrogen-bond acceptors (Lipinski definition) is 0. The zero-order chi connectivity index (χ0) is 9.10. The quantitative estimate of drug-likeness (QED) is 0.597. The monoisotopic (exact) mass is 171 g/mol. The zero-order valence-corrected chi connectivity index (χ0v) is 7.53. The third-order valence-electron chi connectivity index (χ3n) is 1.97. The van der Waals surface area contributed by atoms with Crippen LogP contribution in [0.5, 0.6) is 0 Å². The number of rotatable bonds is 1. The minimum Gasteiger partial charge on any atom is -0.216 e. The molecule has 0 amide bonds. The first-order valence-electron chi connectivity index (χ1n) is 4.30. The van der Waals surface area contributed by atoms with Crippen molar-refractivity contribution in [3.63, 3.8) is 0 Å². The lowest BCUT2D eigenvalue weighted by Gasteiger charge is -1.92. The van der Waals surface area contributed by atoms with Crippen molar-refractivity contribution >= 4 is 0 Å². The highest BCUT2D eigenvalue weighted by Crippen LogP contribution is 2.18. The normalized spacial score (nSPS) is 9.92. The van der Waals surface area contributed by atoms with Crippen molar-refractivity contribution in [2.75, 3.05) is 0 Å². The molecule has 0 spiro atoms. The number of hydrogen-bond donors (Lipinski definition) is 0. The van der Waals surface area contributed by atoms with Gasteiger partial charge in [0.2, 0.25) is 0 Å². The SMILES string of the molecule is Cc1ccc(-c2cccc[o+]2)cc1. The molecule has 0 aliphatic rings. The van der Waals surface area contributed by atoms with E-state index in [1.165, 1.54) is 5.56 Å². The van der Waals surface area contributed by atoms with Crippen molar-refractivity contribution in [1.82, 2.24) is 0 Å². The molecule has 0 aliphatic heterocycles. The van der Waals surface area contributed by atoms with Gasteiger partial charge in [0.05, 0.1) is 5.56 Å². The molecule has 1 aromatic heterocycles. The fraction of sp³-hybridized carbons (Fsp3) is 0.0833. The third kappa shape index (κ3) is 1.75. The Morgan fingerprint density at radius 2 is 1.69 bits per heavy atom. The maximum atomic E-state index is 5.35. The Bertz CT molecular complexity index is 376. The molecule has 0 radical (unpaired) electrons. The molecule has 0 unspecified atom stereocenters. The van der Waals surface area contributed by atoms with Crippen molar-refractivity contribution in [2.24, 2.45) is 0 Å². The van der Waals surface area contributed by atoms with Crippen LogP contribution in [0.3, 0.4) is 0 Å². The van der Waals surface area contributed by atoms with Gasteiger partial charge in [-0.05, 0) is 25.1 Å². The molecule has 2 aromatic rings. The molecule has 13 heavy (non-hydrogen) atoms. The van der Waals surface area contributed by atoms with Crippen LogP contribution in [0, 0.1) is 6.92 Å². The molecule has 0 saturated heterocycles. The molecule has 1 heterocycles. The summed E-state index contributed by atoms with van der Waals surface area (Å²) in [7, 11) is 0. The molecule has 0 bridgehead atoms. The smallest absolute Gasteiger partial charge is 0.216 e. The molecule has 0 saturated carbocycles. The summed E-state index contributed by atoms with van der Waals surface area (Å²) < 4.78 is 5.35. The second-order valence-electron chi connectivity index (χ2n) is 3.04. The molecule has 1 nitrogen and oxygen atoms in total. The number of benzene rings is 1. The summed E-state index contributed by atoms with van der Waals surface area (Å²) in [6.45, 7) is 2.08. The van der Waals surface area contributed by atoms with Gasteiger partial charge in [0.15, 0.2) is 0 Å². The molecular formula is C12H11O+. The molecule has 2 rings (SSSR count). The van der Waals surface area contributed by atoms with Crippen molar-refractivity contribution in [1.29, 1.82) is 0 Å². The Hall–Kier alpha value is -1.63. The van der Waals surface area contributed by atoms with E-state index in [2.05, 4.69) is 31.2 Å². The fourth-order valence-electron chi connectivity index (χ4n) is 1.22. The maximum Gasteiger partial charge on any atom is 0.359 e. The fourth-order valence-corrected chi connectivity index (χ4v) is 1.22. The Balaban J connectivity index is 2.42. The van der Waals surface area contributed by atoms with E-state index in [1.54, 1.807) is 6.26 Å². The first-order valence-corrected chi connectivity index (χ1v) is 4.30. The molecule has 0 atom stereocenters. The van der Waals surface area contributed by atoms with E-state index in [-0.39, 0.29) is 0 Å². The van der Waals surface area contributed by atoms with Gasteiger partial charge < -0.3 is 0 Å². The lowest BCUT2D eigenvalue weighted by Crippen LogP contribution is -1.76. The largest absolute Gasteiger partial charge is 0.359 e. The highest BCUT2D eigenvalue weighted by Gasteiger charge is 2.07. The molecule has 64 valence electrons. The van der Waals surface area contributed by atoms with Crippen LogP contribution in [0.1, 0.15) is 5.56 Å². The Labute approximate surface area is 77.7 Å². The molecular weight excluding hydrogens is 160 g/mol. The van der Waals surface area contributed by atoms with E-state index in [1.807, 2.05) is 18.2 Å². The van der Waals surface area contributed by atoms with Crippen LogP contribution in [0.2, 0.25) is 0 Å². The molecule has 0 fully saturated rings. The first kappa shape index (κ1) is 7.99. The van der Waals surface area contributed by atoms with E-state index >= 15 is 0 Å². The topological polar surface area (TPSA) is 11.3 Å². The second-order valence-corrected chi connectivity index (χ2v) is 3.04. The van der Waals surface area contributed by atoms with Crippen LogP contribution in [-0.2, 0) is 0 Å². The lowest BCUT2D eigenvalue weighted by atomic mass is 10.1. The van der Waals surface area contributed by atoms with E-state index in [9.17, 15) is 0 Å². The summed E-state index contributed by atoms with van der Waals surface area (Å²) in [4.78, 5) is 0. The average molecular weight is 171 g/mol. The summed E-state index contributed by atoms with van der Waals surface area (Å²) in [6, 6.07) is 14.1. The highest BCUT2D eigenvalue weighted by atomic mass is 16.3. The molecule has 0 aliphatic carbocycles. The minimum absolute atomic E-state index is 0.905. The van der Waals surface area contributed by atoms with Gasteiger partial charge in [-0.1, -0.05) is 17.7 Å². The molecule has 1 aromatic carbocycles. The van der Waals surface area contributed by atoms with E-state index in [0.29, 0.717) is 0 Å². The Morgan fingerprint density at radius 1 is 0.923 bits per heavy atom. The third-order valence-corrected chi connectivity index (χ3v) is 1.97. The van der Waals surface area contributed by atoms with Gasteiger partial charge in [0.1, 0.15) is 0 Å².